The van der Waals surface area contributed by atoms with Crippen LogP contribution in [0.3, 0.4) is 0 Å². The molecule has 0 radical (unpaired) electrons. The number of benzene rings is 1. The number of carbonyl (C=O) groups excluding carboxylic acids is 2. The second-order valence-electron chi connectivity index (χ2n) is 7.02. The van der Waals surface area contributed by atoms with Gasteiger partial charge in [0.05, 0.1) is 18.0 Å². The van der Waals surface area contributed by atoms with E-state index in [1.807, 2.05) is 62.5 Å². The number of hydrogen-bond acceptors (Lipinski definition) is 4. The highest BCUT2D eigenvalue weighted by Crippen LogP contribution is 2.23. The van der Waals surface area contributed by atoms with E-state index >= 15 is 0 Å². The molecule has 7 heteroatoms. The quantitative estimate of drug-likeness (QED) is 0.497. The van der Waals surface area contributed by atoms with Gasteiger partial charge in [-0.3, -0.25) is 14.0 Å². The number of anilines is 1. The van der Waals surface area contributed by atoms with Crippen LogP contribution in [0.2, 0.25) is 0 Å². The van der Waals surface area contributed by atoms with Crippen molar-refractivity contribution in [3.05, 3.63) is 60.0 Å². The summed E-state index contributed by atoms with van der Waals surface area (Å²) in [6, 6.07) is 13.1. The molecule has 0 bridgehead atoms. The minimum atomic E-state index is -0.128. The number of unbranched alkanes of at least 4 members (excludes halogenated alkanes) is 2. The van der Waals surface area contributed by atoms with Crippen LogP contribution in [-0.2, 0) is 4.79 Å². The lowest BCUT2D eigenvalue weighted by atomic mass is 10.2. The van der Waals surface area contributed by atoms with E-state index in [2.05, 4.69) is 15.6 Å². The Morgan fingerprint density at radius 1 is 1.07 bits per heavy atom. The van der Waals surface area contributed by atoms with Crippen LogP contribution in [0.25, 0.3) is 5.65 Å². The van der Waals surface area contributed by atoms with Gasteiger partial charge in [-0.2, -0.15) is 0 Å². The van der Waals surface area contributed by atoms with E-state index in [-0.39, 0.29) is 11.8 Å². The largest absolute Gasteiger partial charge is 0.492 e. The molecule has 0 saturated heterocycles. The Hall–Kier alpha value is -3.35. The lowest BCUT2D eigenvalue weighted by molar-refractivity contribution is -0.116. The number of rotatable bonds is 10. The number of nitrogens with one attached hydrogen (secondary N) is 2. The summed E-state index contributed by atoms with van der Waals surface area (Å²) in [7, 11) is 0. The van der Waals surface area contributed by atoms with E-state index in [4.69, 9.17) is 4.74 Å². The number of carbonyl (C=O) groups is 2. The second-order valence-corrected chi connectivity index (χ2v) is 7.02. The molecule has 0 atom stereocenters. The van der Waals surface area contributed by atoms with Gasteiger partial charge in [-0.25, -0.2) is 4.98 Å². The molecule has 7 nitrogen and oxygen atoms in total. The Morgan fingerprint density at radius 2 is 1.87 bits per heavy atom. The van der Waals surface area contributed by atoms with E-state index in [0.717, 1.165) is 24.9 Å². The number of amides is 2. The van der Waals surface area contributed by atoms with Gasteiger partial charge in [-0.1, -0.05) is 24.6 Å². The molecule has 2 N–H and O–H groups in total. The number of pyridine rings is 1. The van der Waals surface area contributed by atoms with Crippen LogP contribution < -0.4 is 15.4 Å². The maximum absolute atomic E-state index is 12.5. The summed E-state index contributed by atoms with van der Waals surface area (Å²) in [5.74, 6) is 0.516. The molecule has 2 amide bonds. The first-order valence-electron chi connectivity index (χ1n) is 10.3. The van der Waals surface area contributed by atoms with E-state index in [0.29, 0.717) is 42.4 Å². The molecule has 2 heterocycles. The molecular formula is C23H28N4O3. The van der Waals surface area contributed by atoms with Gasteiger partial charge in [0.1, 0.15) is 17.1 Å². The van der Waals surface area contributed by atoms with Crippen LogP contribution >= 0.6 is 0 Å². The first kappa shape index (κ1) is 21.4. The van der Waals surface area contributed by atoms with Gasteiger partial charge in [0, 0.05) is 19.2 Å². The molecule has 0 spiro atoms. The topological polar surface area (TPSA) is 84.7 Å². The van der Waals surface area contributed by atoms with Crippen molar-refractivity contribution in [2.24, 2.45) is 0 Å². The summed E-state index contributed by atoms with van der Waals surface area (Å²) in [6.07, 6.45) is 4.69. The monoisotopic (exact) mass is 408 g/mol. The average molecular weight is 409 g/mol. The van der Waals surface area contributed by atoms with Gasteiger partial charge >= 0.3 is 0 Å². The second kappa shape index (κ2) is 10.4. The number of ether oxygens (including phenoxy) is 1. The zero-order valence-corrected chi connectivity index (χ0v) is 17.5. The number of aromatic nitrogens is 2. The van der Waals surface area contributed by atoms with Gasteiger partial charge in [0.15, 0.2) is 0 Å². The highest BCUT2D eigenvalue weighted by molar-refractivity contribution is 5.94. The van der Waals surface area contributed by atoms with Crippen LogP contribution in [0.15, 0.2) is 48.7 Å². The molecule has 0 aliphatic rings. The maximum atomic E-state index is 12.5. The number of fused-ring (bicyclic) bond motifs is 1. The van der Waals surface area contributed by atoms with Crippen LogP contribution in [-0.4, -0.2) is 34.4 Å². The Bertz CT molecular complexity index is 1010. The summed E-state index contributed by atoms with van der Waals surface area (Å²) in [4.78, 5) is 29.1. The zero-order valence-electron chi connectivity index (χ0n) is 17.5. The van der Waals surface area contributed by atoms with Crippen molar-refractivity contribution < 1.29 is 14.3 Å². The lowest BCUT2D eigenvalue weighted by Crippen LogP contribution is -2.26. The van der Waals surface area contributed by atoms with E-state index < -0.39 is 0 Å². The van der Waals surface area contributed by atoms with Crippen LogP contribution in [0, 0.1) is 6.92 Å². The number of nitrogens with zero attached hydrogens (tertiary/aromatic N) is 2. The molecule has 3 rings (SSSR count). The number of imidazole rings is 1. The Balaban J connectivity index is 1.38. The minimum absolute atomic E-state index is 0.0347. The number of para-hydroxylation sites is 2. The molecule has 1 aromatic carbocycles. The average Bonchev–Trinajstić information content (AvgIpc) is 3.07. The highest BCUT2D eigenvalue weighted by Gasteiger charge is 2.15. The molecule has 0 fully saturated rings. The van der Waals surface area contributed by atoms with E-state index in [1.54, 1.807) is 4.40 Å². The van der Waals surface area contributed by atoms with Crippen molar-refractivity contribution in [3.8, 4) is 5.75 Å². The lowest BCUT2D eigenvalue weighted by Gasteiger charge is -2.11. The maximum Gasteiger partial charge on any atom is 0.270 e. The number of aryl methyl sites for hydroxylation is 1. The molecule has 158 valence electrons. The van der Waals surface area contributed by atoms with E-state index in [1.165, 1.54) is 0 Å². The fraction of sp³-hybridized carbons (Fsp3) is 0.348. The third kappa shape index (κ3) is 5.37. The third-order valence-corrected chi connectivity index (χ3v) is 4.75. The summed E-state index contributed by atoms with van der Waals surface area (Å²) in [5.41, 5.74) is 2.73. The third-order valence-electron chi connectivity index (χ3n) is 4.75. The molecule has 2 aromatic heterocycles. The molecule has 0 aliphatic heterocycles. The highest BCUT2D eigenvalue weighted by atomic mass is 16.5. The number of hydrogen-bond donors (Lipinski definition) is 2. The molecule has 30 heavy (non-hydrogen) atoms. The summed E-state index contributed by atoms with van der Waals surface area (Å²) in [6.45, 7) is 4.86. The summed E-state index contributed by atoms with van der Waals surface area (Å²) < 4.78 is 7.32. The first-order valence-corrected chi connectivity index (χ1v) is 10.3. The van der Waals surface area contributed by atoms with Crippen molar-refractivity contribution in [1.29, 1.82) is 0 Å². The summed E-state index contributed by atoms with van der Waals surface area (Å²) in [5, 5.41) is 5.85. The van der Waals surface area contributed by atoms with Crippen LogP contribution in [0.1, 0.15) is 48.8 Å². The van der Waals surface area contributed by atoms with Crippen molar-refractivity contribution in [2.45, 2.75) is 39.5 Å². The van der Waals surface area contributed by atoms with Crippen molar-refractivity contribution >= 4 is 23.1 Å². The zero-order chi connectivity index (χ0) is 21.3. The molecule has 0 saturated carbocycles. The SMILES string of the molecule is CCOc1ccccc1NC(=O)CCCCCNC(=O)c1c(C)nc2ccccn12. The van der Waals surface area contributed by atoms with Gasteiger partial charge in [-0.05, 0) is 51.0 Å². The van der Waals surface area contributed by atoms with Gasteiger partial charge in [-0.15, -0.1) is 0 Å². The fourth-order valence-corrected chi connectivity index (χ4v) is 3.32. The Kier molecular flexibility index (Phi) is 7.43. The Morgan fingerprint density at radius 3 is 2.70 bits per heavy atom. The van der Waals surface area contributed by atoms with Crippen molar-refractivity contribution in [1.82, 2.24) is 14.7 Å². The predicted molar refractivity (Wildman–Crippen MR) is 117 cm³/mol. The minimum Gasteiger partial charge on any atom is -0.492 e. The smallest absolute Gasteiger partial charge is 0.270 e. The summed E-state index contributed by atoms with van der Waals surface area (Å²) >= 11 is 0. The normalized spacial score (nSPS) is 10.7. The first-order chi connectivity index (χ1) is 14.6. The Labute approximate surface area is 176 Å². The van der Waals surface area contributed by atoms with Gasteiger partial charge in [0.25, 0.3) is 5.91 Å². The molecule has 0 unspecified atom stereocenters. The van der Waals surface area contributed by atoms with Gasteiger partial charge in [0.2, 0.25) is 5.91 Å². The van der Waals surface area contributed by atoms with Crippen molar-refractivity contribution in [2.75, 3.05) is 18.5 Å². The predicted octanol–water partition coefficient (Wildman–Crippen LogP) is 3.97. The standard InChI is InChI=1S/C23H28N4O3/c1-3-30-19-12-7-6-11-18(19)26-21(28)14-5-4-9-15-24-23(29)22-17(2)25-20-13-8-10-16-27(20)22/h6-8,10-13,16H,3-5,9,14-15H2,1-2H3,(H,24,29)(H,26,28). The fourth-order valence-electron chi connectivity index (χ4n) is 3.32. The molecule has 0 aliphatic carbocycles. The molecule has 3 aromatic rings. The van der Waals surface area contributed by atoms with Gasteiger partial charge < -0.3 is 15.4 Å². The van der Waals surface area contributed by atoms with E-state index in [9.17, 15) is 9.59 Å². The van der Waals surface area contributed by atoms with Crippen LogP contribution in [0.4, 0.5) is 5.69 Å². The van der Waals surface area contributed by atoms with Crippen LogP contribution in [0.5, 0.6) is 5.75 Å². The van der Waals surface area contributed by atoms with Crippen molar-refractivity contribution in [3.63, 3.8) is 0 Å². The molecular weight excluding hydrogens is 380 g/mol.